The van der Waals surface area contributed by atoms with E-state index in [9.17, 15) is 31.6 Å². The summed E-state index contributed by atoms with van der Waals surface area (Å²) in [5.74, 6) is -0.975. The second kappa shape index (κ2) is 10.2. The normalized spacial score (nSPS) is 12.1. The molecule has 3 rings (SSSR count). The Hall–Kier alpha value is -3.81. The highest BCUT2D eigenvalue weighted by Crippen LogP contribution is 2.34. The lowest BCUT2D eigenvalue weighted by Crippen LogP contribution is -2.15. The molecule has 3 aromatic carbocycles. The molecule has 0 spiro atoms. The van der Waals surface area contributed by atoms with Gasteiger partial charge in [0.25, 0.3) is 5.91 Å². The van der Waals surface area contributed by atoms with Crippen molar-refractivity contribution in [2.75, 3.05) is 5.32 Å². The van der Waals surface area contributed by atoms with Crippen LogP contribution < -0.4 is 9.50 Å². The number of hydrogen-bond acceptors (Lipinski definition) is 5. The first kappa shape index (κ1) is 25.8. The molecule has 0 radical (unpaired) electrons. The van der Waals surface area contributed by atoms with Gasteiger partial charge in [-0.2, -0.15) is 26.9 Å². The van der Waals surface area contributed by atoms with E-state index in [2.05, 4.69) is 5.32 Å². The Labute approximate surface area is 204 Å². The Kier molecular flexibility index (Phi) is 7.53. The fourth-order valence-electron chi connectivity index (χ4n) is 2.80. The number of rotatable bonds is 6. The lowest BCUT2D eigenvalue weighted by atomic mass is 10.1. The van der Waals surface area contributed by atoms with E-state index in [0.29, 0.717) is 11.6 Å². The maximum atomic E-state index is 12.9. The standard InChI is InChI=1S/C24H16ClF3N2O4S/c1-15-2-9-20(10-3-15)35(32,33)34-19-7-4-16(5-8-19)12-17(14-29)23(31)30-22-13-18(24(26,27)28)6-11-21(22)25/h2-13H,1H3,(H,30,31). The van der Waals surface area contributed by atoms with Crippen LogP contribution in [0.1, 0.15) is 16.7 Å². The van der Waals surface area contributed by atoms with Crippen molar-refractivity contribution in [1.82, 2.24) is 0 Å². The number of alkyl halides is 3. The van der Waals surface area contributed by atoms with Gasteiger partial charge in [0.2, 0.25) is 0 Å². The van der Waals surface area contributed by atoms with Gasteiger partial charge in [0, 0.05) is 0 Å². The smallest absolute Gasteiger partial charge is 0.379 e. The first-order valence-corrected chi connectivity index (χ1v) is 11.6. The molecule has 6 nitrogen and oxygen atoms in total. The summed E-state index contributed by atoms with van der Waals surface area (Å²) in [7, 11) is -4.06. The fraction of sp³-hybridized carbons (Fsp3) is 0.0833. The molecule has 0 saturated heterocycles. The van der Waals surface area contributed by atoms with Crippen molar-refractivity contribution in [3.8, 4) is 11.8 Å². The first-order chi connectivity index (χ1) is 16.4. The average Bonchev–Trinajstić information content (AvgIpc) is 2.79. The van der Waals surface area contributed by atoms with E-state index < -0.39 is 33.3 Å². The maximum absolute atomic E-state index is 12.9. The van der Waals surface area contributed by atoms with Crippen molar-refractivity contribution in [2.24, 2.45) is 0 Å². The molecule has 0 heterocycles. The number of carbonyl (C=O) groups is 1. The highest BCUT2D eigenvalue weighted by atomic mass is 35.5. The summed E-state index contributed by atoms with van der Waals surface area (Å²) in [6, 6.07) is 15.6. The van der Waals surface area contributed by atoms with Gasteiger partial charge in [-0.1, -0.05) is 41.4 Å². The number of carbonyl (C=O) groups excluding carboxylic acids is 1. The SMILES string of the molecule is Cc1ccc(S(=O)(=O)Oc2ccc(C=C(C#N)C(=O)Nc3cc(C(F)(F)F)ccc3Cl)cc2)cc1. The molecule has 0 aliphatic rings. The third kappa shape index (κ3) is 6.62. The third-order valence-electron chi connectivity index (χ3n) is 4.61. The van der Waals surface area contributed by atoms with Gasteiger partial charge in [0.05, 0.1) is 16.3 Å². The van der Waals surface area contributed by atoms with Crippen LogP contribution >= 0.6 is 11.6 Å². The number of amides is 1. The number of nitriles is 1. The minimum atomic E-state index is -4.64. The molecule has 0 atom stereocenters. The zero-order chi connectivity index (χ0) is 25.8. The van der Waals surface area contributed by atoms with Crippen LogP contribution in [0.15, 0.2) is 77.2 Å². The lowest BCUT2D eigenvalue weighted by Gasteiger charge is -2.11. The summed E-state index contributed by atoms with van der Waals surface area (Å²) in [5.41, 5.74) is -0.521. The van der Waals surface area contributed by atoms with E-state index in [1.54, 1.807) is 18.2 Å². The molecule has 0 aliphatic heterocycles. The fourth-order valence-corrected chi connectivity index (χ4v) is 3.90. The van der Waals surface area contributed by atoms with Gasteiger partial charge >= 0.3 is 16.3 Å². The van der Waals surface area contributed by atoms with Crippen molar-refractivity contribution in [3.63, 3.8) is 0 Å². The Morgan fingerprint density at radius 1 is 1.06 bits per heavy atom. The summed E-state index contributed by atoms with van der Waals surface area (Å²) in [6.45, 7) is 1.81. The van der Waals surface area contributed by atoms with Gasteiger partial charge in [0.1, 0.15) is 22.3 Å². The van der Waals surface area contributed by atoms with Crippen LogP contribution in [0.2, 0.25) is 5.02 Å². The molecule has 35 heavy (non-hydrogen) atoms. The number of nitrogens with one attached hydrogen (secondary N) is 1. The predicted molar refractivity (Wildman–Crippen MR) is 124 cm³/mol. The minimum Gasteiger partial charge on any atom is -0.379 e. The highest BCUT2D eigenvalue weighted by Gasteiger charge is 2.31. The van der Waals surface area contributed by atoms with Crippen LogP contribution in [-0.4, -0.2) is 14.3 Å². The van der Waals surface area contributed by atoms with Gasteiger partial charge in [-0.25, -0.2) is 0 Å². The largest absolute Gasteiger partial charge is 0.416 e. The summed E-state index contributed by atoms with van der Waals surface area (Å²) < 4.78 is 68.7. The molecular formula is C24H16ClF3N2O4S. The van der Waals surface area contributed by atoms with Crippen molar-refractivity contribution in [1.29, 1.82) is 5.26 Å². The van der Waals surface area contributed by atoms with Crippen molar-refractivity contribution in [3.05, 3.63) is 94.0 Å². The second-order valence-corrected chi connectivity index (χ2v) is 9.19. The van der Waals surface area contributed by atoms with E-state index in [1.807, 2.05) is 6.92 Å². The van der Waals surface area contributed by atoms with E-state index in [0.717, 1.165) is 17.7 Å². The van der Waals surface area contributed by atoms with Gasteiger partial charge in [-0.15, -0.1) is 0 Å². The van der Waals surface area contributed by atoms with Crippen molar-refractivity contribution >= 4 is 39.4 Å². The number of aryl methyl sites for hydroxylation is 1. The predicted octanol–water partition coefficient (Wildman–Crippen LogP) is 5.98. The van der Waals surface area contributed by atoms with Crippen LogP contribution in [0.4, 0.5) is 18.9 Å². The Morgan fingerprint density at radius 3 is 2.26 bits per heavy atom. The van der Waals surface area contributed by atoms with Gasteiger partial charge < -0.3 is 9.50 Å². The molecule has 0 aromatic heterocycles. The minimum absolute atomic E-state index is 0.00133. The summed E-state index contributed by atoms with van der Waals surface area (Å²) >= 11 is 5.87. The number of hydrogen-bond donors (Lipinski definition) is 1. The molecule has 0 bridgehead atoms. The Morgan fingerprint density at radius 2 is 1.69 bits per heavy atom. The van der Waals surface area contributed by atoms with Crippen LogP contribution in [0.3, 0.4) is 0 Å². The monoisotopic (exact) mass is 520 g/mol. The number of anilines is 1. The maximum Gasteiger partial charge on any atom is 0.416 e. The van der Waals surface area contributed by atoms with Gasteiger partial charge in [-0.3, -0.25) is 4.79 Å². The number of benzene rings is 3. The van der Waals surface area contributed by atoms with Gasteiger partial charge in [-0.05, 0) is 61.0 Å². The molecule has 1 amide bonds. The average molecular weight is 521 g/mol. The summed E-state index contributed by atoms with van der Waals surface area (Å²) in [6.07, 6.45) is -3.47. The first-order valence-electron chi connectivity index (χ1n) is 9.80. The highest BCUT2D eigenvalue weighted by molar-refractivity contribution is 7.87. The molecular weight excluding hydrogens is 505 g/mol. The van der Waals surface area contributed by atoms with E-state index >= 15 is 0 Å². The second-order valence-electron chi connectivity index (χ2n) is 7.24. The van der Waals surface area contributed by atoms with Crippen molar-refractivity contribution < 1.29 is 30.6 Å². The zero-order valence-corrected chi connectivity index (χ0v) is 19.5. The molecule has 3 aromatic rings. The summed E-state index contributed by atoms with van der Waals surface area (Å²) in [4.78, 5) is 12.4. The molecule has 1 N–H and O–H groups in total. The lowest BCUT2D eigenvalue weighted by molar-refractivity contribution is -0.137. The molecule has 0 aliphatic carbocycles. The third-order valence-corrected chi connectivity index (χ3v) is 6.20. The van der Waals surface area contributed by atoms with Crippen LogP contribution in [0.25, 0.3) is 6.08 Å². The molecule has 0 unspecified atom stereocenters. The Bertz CT molecular complexity index is 1430. The Balaban J connectivity index is 1.77. The molecule has 0 fully saturated rings. The van der Waals surface area contributed by atoms with E-state index in [1.165, 1.54) is 42.5 Å². The van der Waals surface area contributed by atoms with Crippen LogP contribution in [0.5, 0.6) is 5.75 Å². The van der Waals surface area contributed by atoms with Crippen LogP contribution in [0, 0.1) is 18.3 Å². The molecule has 180 valence electrons. The van der Waals surface area contributed by atoms with Gasteiger partial charge in [0.15, 0.2) is 0 Å². The van der Waals surface area contributed by atoms with Crippen LogP contribution in [-0.2, 0) is 21.1 Å². The topological polar surface area (TPSA) is 96.3 Å². The van der Waals surface area contributed by atoms with E-state index in [4.69, 9.17) is 15.8 Å². The number of nitrogens with zero attached hydrogens (tertiary/aromatic N) is 1. The van der Waals surface area contributed by atoms with Crippen molar-refractivity contribution in [2.45, 2.75) is 18.0 Å². The van der Waals surface area contributed by atoms with E-state index in [-0.39, 0.29) is 21.4 Å². The zero-order valence-electron chi connectivity index (χ0n) is 17.9. The quantitative estimate of drug-likeness (QED) is 0.245. The molecule has 11 heteroatoms. The number of halogens is 4. The summed E-state index contributed by atoms with van der Waals surface area (Å²) in [5, 5.41) is 11.4. The molecule has 0 saturated carbocycles.